The summed E-state index contributed by atoms with van der Waals surface area (Å²) in [6.45, 7) is 0. The maximum atomic E-state index is 10.6. The zero-order valence-electron chi connectivity index (χ0n) is 16.4. The fourth-order valence-corrected chi connectivity index (χ4v) is 4.66. The normalized spacial score (nSPS) is 18.2. The first-order chi connectivity index (χ1) is 15.1. The molecular weight excluding hydrogens is 472 g/mol. The second-order valence-electron chi connectivity index (χ2n) is 7.26. The monoisotopic (exact) mass is 490 g/mol. The highest BCUT2D eigenvalue weighted by molar-refractivity contribution is 9.10. The molecule has 2 aromatic heterocycles. The molecule has 0 spiro atoms. The van der Waals surface area contributed by atoms with Crippen LogP contribution in [0.15, 0.2) is 95.7 Å². The number of phenols is 1. The molecule has 2 aromatic carbocycles. The van der Waals surface area contributed by atoms with E-state index in [1.807, 2.05) is 59.6 Å². The Balaban J connectivity index is 1.68. The van der Waals surface area contributed by atoms with E-state index in [1.165, 1.54) is 0 Å². The van der Waals surface area contributed by atoms with E-state index in [0.717, 1.165) is 21.5 Å². The average molecular weight is 491 g/mol. The van der Waals surface area contributed by atoms with E-state index in [-0.39, 0.29) is 17.8 Å². The van der Waals surface area contributed by atoms with E-state index >= 15 is 0 Å². The summed E-state index contributed by atoms with van der Waals surface area (Å²) in [6.07, 6.45) is 3.83. The van der Waals surface area contributed by atoms with Crippen molar-refractivity contribution in [1.29, 1.82) is 0 Å². The topological polar surface area (TPSA) is 53.3 Å². The second-order valence-corrected chi connectivity index (χ2v) is 8.57. The van der Waals surface area contributed by atoms with Gasteiger partial charge in [-0.3, -0.25) is 4.98 Å². The van der Waals surface area contributed by atoms with Gasteiger partial charge in [0.05, 0.1) is 17.4 Å². The molecule has 1 saturated heterocycles. The first kappa shape index (κ1) is 19.8. The quantitative estimate of drug-likeness (QED) is 0.369. The number of nitrogens with one attached hydrogen (secondary N) is 1. The molecule has 5 nitrogen and oxygen atoms in total. The molecule has 0 aliphatic carbocycles. The smallest absolute Gasteiger partial charge is 0.174 e. The van der Waals surface area contributed by atoms with Gasteiger partial charge in [0.15, 0.2) is 5.11 Å². The molecule has 0 radical (unpaired) electrons. The average Bonchev–Trinajstić information content (AvgIpc) is 3.40. The minimum absolute atomic E-state index is 0.181. The number of hydrogen-bond acceptors (Lipinski definition) is 3. The Morgan fingerprint density at radius 1 is 0.935 bits per heavy atom. The SMILES string of the molecule is Oc1ccccc1N1C(=S)N[C@@H](c2ccccn2)[C@@H]1c1cccn1-c1ccc(Br)cc1. The summed E-state index contributed by atoms with van der Waals surface area (Å²) >= 11 is 9.26. The number of hydrogen-bond donors (Lipinski definition) is 2. The van der Waals surface area contributed by atoms with Crippen LogP contribution < -0.4 is 10.2 Å². The number of rotatable bonds is 4. The molecule has 1 aliphatic heterocycles. The van der Waals surface area contributed by atoms with E-state index in [4.69, 9.17) is 12.2 Å². The second kappa shape index (κ2) is 8.17. The summed E-state index contributed by atoms with van der Waals surface area (Å²) in [5.41, 5.74) is 3.62. The fraction of sp³-hybridized carbons (Fsp3) is 0.0833. The van der Waals surface area contributed by atoms with Crippen molar-refractivity contribution in [2.75, 3.05) is 4.90 Å². The molecule has 0 saturated carbocycles. The summed E-state index contributed by atoms with van der Waals surface area (Å²) in [6, 6.07) is 25.0. The molecule has 154 valence electrons. The molecule has 0 bridgehead atoms. The lowest BCUT2D eigenvalue weighted by Crippen LogP contribution is -2.30. The molecule has 2 N–H and O–H groups in total. The Labute approximate surface area is 194 Å². The highest BCUT2D eigenvalue weighted by Crippen LogP contribution is 2.44. The first-order valence-corrected chi connectivity index (χ1v) is 11.1. The van der Waals surface area contributed by atoms with Crippen LogP contribution in [0, 0.1) is 0 Å². The highest BCUT2D eigenvalue weighted by Gasteiger charge is 2.42. The van der Waals surface area contributed by atoms with Gasteiger partial charge in [0.25, 0.3) is 0 Å². The van der Waals surface area contributed by atoms with Gasteiger partial charge in [-0.05, 0) is 72.9 Å². The third-order valence-corrected chi connectivity index (χ3v) is 6.27. The predicted octanol–water partition coefficient (Wildman–Crippen LogP) is 5.52. The van der Waals surface area contributed by atoms with Gasteiger partial charge < -0.3 is 19.9 Å². The van der Waals surface area contributed by atoms with Crippen LogP contribution >= 0.6 is 28.1 Å². The largest absolute Gasteiger partial charge is 0.506 e. The number of nitrogens with zero attached hydrogens (tertiary/aromatic N) is 3. The lowest BCUT2D eigenvalue weighted by molar-refractivity contribution is 0.472. The van der Waals surface area contributed by atoms with Crippen molar-refractivity contribution >= 4 is 38.9 Å². The van der Waals surface area contributed by atoms with E-state index in [0.29, 0.717) is 10.8 Å². The third kappa shape index (κ3) is 3.60. The first-order valence-electron chi connectivity index (χ1n) is 9.85. The van der Waals surface area contributed by atoms with Gasteiger partial charge in [0.2, 0.25) is 0 Å². The van der Waals surface area contributed by atoms with Crippen LogP contribution in [0.25, 0.3) is 5.69 Å². The van der Waals surface area contributed by atoms with Gasteiger partial charge in [0, 0.05) is 28.2 Å². The zero-order valence-corrected chi connectivity index (χ0v) is 18.8. The van der Waals surface area contributed by atoms with Crippen LogP contribution in [-0.4, -0.2) is 19.8 Å². The van der Waals surface area contributed by atoms with Crippen molar-refractivity contribution in [3.8, 4) is 11.4 Å². The Bertz CT molecular complexity index is 1230. The van der Waals surface area contributed by atoms with E-state index in [1.54, 1.807) is 18.3 Å². The molecule has 4 aromatic rings. The summed E-state index contributed by atoms with van der Waals surface area (Å²) in [4.78, 5) is 6.57. The van der Waals surface area contributed by atoms with Crippen LogP contribution in [0.1, 0.15) is 23.5 Å². The van der Waals surface area contributed by atoms with Gasteiger partial charge in [-0.15, -0.1) is 0 Å². The van der Waals surface area contributed by atoms with Gasteiger partial charge in [-0.25, -0.2) is 0 Å². The van der Waals surface area contributed by atoms with Gasteiger partial charge in [-0.2, -0.15) is 0 Å². The highest BCUT2D eigenvalue weighted by atomic mass is 79.9. The number of pyridine rings is 1. The molecule has 5 rings (SSSR count). The zero-order chi connectivity index (χ0) is 21.4. The molecule has 2 atom stereocenters. The number of halogens is 1. The summed E-state index contributed by atoms with van der Waals surface area (Å²) < 4.78 is 3.17. The Kier molecular flexibility index (Phi) is 5.21. The Hall–Kier alpha value is -3.16. The van der Waals surface area contributed by atoms with E-state index < -0.39 is 0 Å². The standard InChI is InChI=1S/C24H19BrN4OS/c25-16-10-12-17(13-11-16)28-15-5-8-20(28)23-22(18-6-3-4-14-26-18)27-24(31)29(23)19-7-1-2-9-21(19)30/h1-15,22-23,30H,(H,27,31)/t22-,23-/m0/s1. The number of thiocarbonyl (C=S) groups is 1. The lowest BCUT2D eigenvalue weighted by atomic mass is 10.0. The van der Waals surface area contributed by atoms with E-state index in [2.05, 4.69) is 49.0 Å². The maximum absolute atomic E-state index is 10.6. The van der Waals surface area contributed by atoms with Crippen LogP contribution in [0.5, 0.6) is 5.75 Å². The molecule has 0 unspecified atom stereocenters. The van der Waals surface area contributed by atoms with Crippen molar-refractivity contribution in [2.24, 2.45) is 0 Å². The van der Waals surface area contributed by atoms with Crippen molar-refractivity contribution in [3.63, 3.8) is 0 Å². The fourth-order valence-electron chi connectivity index (χ4n) is 4.05. The molecular formula is C24H19BrN4OS. The van der Waals surface area contributed by atoms with Gasteiger partial charge in [0.1, 0.15) is 11.8 Å². The maximum Gasteiger partial charge on any atom is 0.174 e. The van der Waals surface area contributed by atoms with Gasteiger partial charge >= 0.3 is 0 Å². The molecule has 1 aliphatic rings. The number of anilines is 1. The number of aromatic hydroxyl groups is 1. The number of benzene rings is 2. The van der Waals surface area contributed by atoms with Crippen molar-refractivity contribution in [3.05, 3.63) is 107 Å². The molecule has 31 heavy (non-hydrogen) atoms. The summed E-state index contributed by atoms with van der Waals surface area (Å²) in [5, 5.41) is 14.6. The Morgan fingerprint density at radius 2 is 1.71 bits per heavy atom. The molecule has 7 heteroatoms. The minimum Gasteiger partial charge on any atom is -0.506 e. The van der Waals surface area contributed by atoms with Crippen LogP contribution in [0.3, 0.4) is 0 Å². The van der Waals surface area contributed by atoms with E-state index in [9.17, 15) is 5.11 Å². The van der Waals surface area contributed by atoms with Crippen molar-refractivity contribution in [2.45, 2.75) is 12.1 Å². The molecule has 1 fully saturated rings. The summed E-state index contributed by atoms with van der Waals surface area (Å²) in [7, 11) is 0. The number of aromatic nitrogens is 2. The van der Waals surface area contributed by atoms with Crippen molar-refractivity contribution in [1.82, 2.24) is 14.9 Å². The van der Waals surface area contributed by atoms with Crippen LogP contribution in [0.4, 0.5) is 5.69 Å². The molecule has 0 amide bonds. The Morgan fingerprint density at radius 3 is 2.45 bits per heavy atom. The third-order valence-electron chi connectivity index (χ3n) is 5.43. The predicted molar refractivity (Wildman–Crippen MR) is 130 cm³/mol. The lowest BCUT2D eigenvalue weighted by Gasteiger charge is -2.29. The van der Waals surface area contributed by atoms with Crippen LogP contribution in [-0.2, 0) is 0 Å². The van der Waals surface area contributed by atoms with Gasteiger partial charge in [-0.1, -0.05) is 34.1 Å². The molecule has 3 heterocycles. The number of phenolic OH excluding ortho intramolecular Hbond substituents is 1. The summed E-state index contributed by atoms with van der Waals surface area (Å²) in [5.74, 6) is 0.181. The van der Waals surface area contributed by atoms with Crippen LogP contribution in [0.2, 0.25) is 0 Å². The minimum atomic E-state index is -0.214. The van der Waals surface area contributed by atoms with Crippen molar-refractivity contribution < 1.29 is 5.11 Å². The number of para-hydroxylation sites is 2.